The normalized spacial score (nSPS) is 16.2. The average Bonchev–Trinajstić information content (AvgIpc) is 2.86. The van der Waals surface area contributed by atoms with Crippen molar-refractivity contribution in [2.75, 3.05) is 6.61 Å². The Morgan fingerprint density at radius 3 is 2.08 bits per heavy atom. The largest absolute Gasteiger partial charge is 0.494 e. The van der Waals surface area contributed by atoms with Gasteiger partial charge in [-0.3, -0.25) is 4.79 Å². The van der Waals surface area contributed by atoms with Crippen LogP contribution in [0.4, 0.5) is 39.5 Å². The van der Waals surface area contributed by atoms with E-state index in [-0.39, 0.29) is 18.8 Å². The van der Waals surface area contributed by atoms with Crippen LogP contribution in [0.5, 0.6) is 5.75 Å². The van der Waals surface area contributed by atoms with Gasteiger partial charge in [0, 0.05) is 17.5 Å². The van der Waals surface area contributed by atoms with Gasteiger partial charge in [-0.1, -0.05) is 17.9 Å². The van der Waals surface area contributed by atoms with Crippen LogP contribution in [0.1, 0.15) is 47.9 Å². The van der Waals surface area contributed by atoms with Gasteiger partial charge in [-0.05, 0) is 79.6 Å². The van der Waals surface area contributed by atoms with E-state index in [1.165, 1.54) is 12.1 Å². The van der Waals surface area contributed by atoms with Crippen LogP contribution < -0.4 is 4.74 Å². The summed E-state index contributed by atoms with van der Waals surface area (Å²) in [5.74, 6) is -14.0. The van der Waals surface area contributed by atoms with Crippen LogP contribution in [0.3, 0.4) is 0 Å². The van der Waals surface area contributed by atoms with E-state index >= 15 is 0 Å². The Labute approximate surface area is 218 Å². The molecule has 0 aliphatic heterocycles. The maximum absolute atomic E-state index is 13.5. The average molecular weight is 566 g/mol. The standard InChI is InChI=1S/C27H23F9O3/c28-24(29,25(30,31)26(32,33)27(34,35)36)13-1-2-14-39-22-11-6-17(7-12-22)3-4-18-5-8-20-16-21(23(37)38)10-9-19(20)15-18/h5-8,11-12,15,21H,1-2,9-10,13-14,16H2,(H,37,38). The summed E-state index contributed by atoms with van der Waals surface area (Å²) in [5.41, 5.74) is 3.40. The summed E-state index contributed by atoms with van der Waals surface area (Å²) in [6, 6.07) is 11.8. The summed E-state index contributed by atoms with van der Waals surface area (Å²) >= 11 is 0. The lowest BCUT2D eigenvalue weighted by molar-refractivity contribution is -0.396. The Kier molecular flexibility index (Phi) is 8.82. The van der Waals surface area contributed by atoms with Gasteiger partial charge in [-0.25, -0.2) is 0 Å². The minimum absolute atomic E-state index is 0.264. The van der Waals surface area contributed by atoms with E-state index in [2.05, 4.69) is 11.8 Å². The third-order valence-electron chi connectivity index (χ3n) is 6.35. The fourth-order valence-corrected chi connectivity index (χ4v) is 4.03. The van der Waals surface area contributed by atoms with Gasteiger partial charge in [-0.2, -0.15) is 39.5 Å². The van der Waals surface area contributed by atoms with Crippen LogP contribution in [0, 0.1) is 17.8 Å². The lowest BCUT2D eigenvalue weighted by Crippen LogP contribution is -2.60. The Morgan fingerprint density at radius 2 is 1.46 bits per heavy atom. The Bertz CT molecular complexity index is 1230. The summed E-state index contributed by atoms with van der Waals surface area (Å²) < 4.78 is 121. The number of aliphatic carboxylic acids is 1. The number of hydrogen-bond acceptors (Lipinski definition) is 2. The van der Waals surface area contributed by atoms with Crippen molar-refractivity contribution in [3.63, 3.8) is 0 Å². The number of aryl methyl sites for hydroxylation is 1. The fourth-order valence-electron chi connectivity index (χ4n) is 4.03. The first-order valence-corrected chi connectivity index (χ1v) is 11.8. The lowest BCUT2D eigenvalue weighted by Gasteiger charge is -2.33. The smallest absolute Gasteiger partial charge is 0.460 e. The maximum Gasteiger partial charge on any atom is 0.460 e. The third kappa shape index (κ3) is 6.81. The molecule has 1 aliphatic rings. The second-order valence-electron chi connectivity index (χ2n) is 9.19. The summed E-state index contributed by atoms with van der Waals surface area (Å²) in [4.78, 5) is 11.2. The van der Waals surface area contributed by atoms with E-state index in [1.807, 2.05) is 12.1 Å². The van der Waals surface area contributed by atoms with Gasteiger partial charge in [0.15, 0.2) is 0 Å². The number of carboxylic acids is 1. The summed E-state index contributed by atoms with van der Waals surface area (Å²) in [6.45, 7) is -0.264. The van der Waals surface area contributed by atoms with Crippen molar-refractivity contribution in [2.24, 2.45) is 5.92 Å². The lowest BCUT2D eigenvalue weighted by atomic mass is 9.83. The molecular formula is C27H23F9O3. The number of hydrogen-bond donors (Lipinski definition) is 1. The van der Waals surface area contributed by atoms with Crippen molar-refractivity contribution in [1.82, 2.24) is 0 Å². The number of unbranched alkanes of at least 4 members (excludes halogenated alkanes) is 1. The van der Waals surface area contributed by atoms with Gasteiger partial charge < -0.3 is 9.84 Å². The molecule has 0 bridgehead atoms. The van der Waals surface area contributed by atoms with Crippen LogP contribution >= 0.6 is 0 Å². The number of carboxylic acid groups (broad SMARTS) is 1. The predicted molar refractivity (Wildman–Crippen MR) is 122 cm³/mol. The van der Waals surface area contributed by atoms with E-state index in [0.29, 0.717) is 24.8 Å². The van der Waals surface area contributed by atoms with E-state index in [9.17, 15) is 49.4 Å². The van der Waals surface area contributed by atoms with E-state index in [0.717, 1.165) is 16.7 Å². The quantitative estimate of drug-likeness (QED) is 0.197. The Balaban J connectivity index is 1.48. The van der Waals surface area contributed by atoms with Crippen molar-refractivity contribution >= 4 is 5.97 Å². The summed E-state index contributed by atoms with van der Waals surface area (Å²) in [7, 11) is 0. The van der Waals surface area contributed by atoms with Gasteiger partial charge in [0.1, 0.15) is 5.75 Å². The SMILES string of the molecule is O=C(O)C1CCc2cc(C#Cc3ccc(OCCCCC(F)(F)C(F)(F)C(F)(F)C(F)(F)F)cc3)ccc2C1. The molecule has 1 aliphatic carbocycles. The van der Waals surface area contributed by atoms with E-state index in [4.69, 9.17) is 4.74 Å². The van der Waals surface area contributed by atoms with Crippen LogP contribution in [0.15, 0.2) is 42.5 Å². The van der Waals surface area contributed by atoms with Gasteiger partial charge >= 0.3 is 29.9 Å². The highest BCUT2D eigenvalue weighted by atomic mass is 19.4. The molecule has 0 heterocycles. The number of rotatable bonds is 9. The molecule has 1 N–H and O–H groups in total. The first-order valence-electron chi connectivity index (χ1n) is 11.8. The van der Waals surface area contributed by atoms with Gasteiger partial charge in [0.05, 0.1) is 12.5 Å². The van der Waals surface area contributed by atoms with Crippen LogP contribution in [0.25, 0.3) is 0 Å². The fraction of sp³-hybridized carbons (Fsp3) is 0.444. The zero-order chi connectivity index (χ0) is 29.1. The first-order chi connectivity index (χ1) is 18.0. The van der Waals surface area contributed by atoms with Crippen molar-refractivity contribution in [1.29, 1.82) is 0 Å². The maximum atomic E-state index is 13.5. The van der Waals surface area contributed by atoms with Crippen molar-refractivity contribution < 1.29 is 54.2 Å². The molecule has 1 unspecified atom stereocenters. The van der Waals surface area contributed by atoms with Crippen molar-refractivity contribution in [2.45, 2.75) is 62.5 Å². The van der Waals surface area contributed by atoms with Crippen LogP contribution in [0.2, 0.25) is 0 Å². The molecule has 0 aromatic heterocycles. The minimum Gasteiger partial charge on any atom is -0.494 e. The number of fused-ring (bicyclic) bond motifs is 1. The van der Waals surface area contributed by atoms with Crippen LogP contribution in [-0.2, 0) is 17.6 Å². The number of carbonyl (C=O) groups is 1. The molecular weight excluding hydrogens is 543 g/mol. The van der Waals surface area contributed by atoms with Gasteiger partial charge in [0.2, 0.25) is 0 Å². The number of benzene rings is 2. The molecule has 0 saturated heterocycles. The van der Waals surface area contributed by atoms with Crippen LogP contribution in [-0.4, -0.2) is 41.6 Å². The van der Waals surface area contributed by atoms with Gasteiger partial charge in [-0.15, -0.1) is 0 Å². The molecule has 39 heavy (non-hydrogen) atoms. The van der Waals surface area contributed by atoms with Gasteiger partial charge in [0.25, 0.3) is 0 Å². The van der Waals surface area contributed by atoms with Crippen molar-refractivity contribution in [3.05, 3.63) is 64.7 Å². The summed E-state index contributed by atoms with van der Waals surface area (Å²) in [5, 5.41) is 9.18. The first kappa shape index (κ1) is 30.2. The molecule has 0 fully saturated rings. The molecule has 3 nitrogen and oxygen atoms in total. The topological polar surface area (TPSA) is 46.5 Å². The molecule has 212 valence electrons. The third-order valence-corrected chi connectivity index (χ3v) is 6.35. The van der Waals surface area contributed by atoms with Crippen molar-refractivity contribution in [3.8, 4) is 17.6 Å². The molecule has 0 spiro atoms. The second kappa shape index (κ2) is 11.4. The monoisotopic (exact) mass is 566 g/mol. The number of halogens is 9. The number of ether oxygens (including phenoxy) is 1. The highest BCUT2D eigenvalue weighted by Gasteiger charge is 2.81. The molecule has 2 aromatic carbocycles. The molecule has 2 aromatic rings. The molecule has 12 heteroatoms. The predicted octanol–water partition coefficient (Wildman–Crippen LogP) is 7.29. The minimum atomic E-state index is -6.88. The molecule has 1 atom stereocenters. The highest BCUT2D eigenvalue weighted by molar-refractivity contribution is 5.71. The zero-order valence-electron chi connectivity index (χ0n) is 20.2. The van der Waals surface area contributed by atoms with E-state index < -0.39 is 48.7 Å². The summed E-state index contributed by atoms with van der Waals surface area (Å²) in [6.07, 6.45) is -8.10. The molecule has 0 saturated carbocycles. The zero-order valence-corrected chi connectivity index (χ0v) is 20.2. The Morgan fingerprint density at radius 1 is 0.846 bits per heavy atom. The Hall–Kier alpha value is -3.36. The van der Waals surface area contributed by atoms with E-state index in [1.54, 1.807) is 18.2 Å². The molecule has 0 radical (unpaired) electrons. The molecule has 3 rings (SSSR count). The second-order valence-corrected chi connectivity index (χ2v) is 9.19. The number of alkyl halides is 9. The molecule has 0 amide bonds. The highest BCUT2D eigenvalue weighted by Crippen LogP contribution is 2.54.